The summed E-state index contributed by atoms with van der Waals surface area (Å²) in [6.45, 7) is 50.7. The zero-order valence-electron chi connectivity index (χ0n) is 74.0. The van der Waals surface area contributed by atoms with Crippen LogP contribution in [-0.2, 0) is 96.4 Å². The van der Waals surface area contributed by atoms with Gasteiger partial charge in [0.25, 0.3) is 0 Å². The molecule has 7 rings (SSSR count). The molecule has 7 aliphatic rings. The lowest BCUT2D eigenvalue weighted by atomic mass is 9.84. The van der Waals surface area contributed by atoms with Crippen LogP contribution < -0.4 is 25.4 Å². The van der Waals surface area contributed by atoms with Crippen molar-refractivity contribution in [2.45, 2.75) is 262 Å². The van der Waals surface area contributed by atoms with Crippen molar-refractivity contribution < 1.29 is 103 Å². The number of sulfonamides is 2. The van der Waals surface area contributed by atoms with Crippen LogP contribution >= 0.6 is 9.39 Å². The number of Topliss-reactive ketones (excluding diaryl/α,β-unsaturated/α-hetero) is 5. The van der Waals surface area contributed by atoms with Gasteiger partial charge in [0.15, 0.2) is 23.1 Å². The second-order valence-corrected chi connectivity index (χ2v) is 42.2. The average Bonchev–Trinajstić information content (AvgIpc) is 1.58. The number of carbonyl (C=O) groups is 12. The van der Waals surface area contributed by atoms with E-state index in [1.807, 2.05) is 104 Å². The fraction of sp³-hybridized carbons (Fsp3) is 0.780. The number of allylic oxidation sites excluding steroid dienone is 3. The summed E-state index contributed by atoms with van der Waals surface area (Å²) in [5.74, 6) is -3.96. The third-order valence-corrected chi connectivity index (χ3v) is 25.2. The van der Waals surface area contributed by atoms with Crippen molar-refractivity contribution >= 4 is 100 Å². The molecule has 0 bridgehead atoms. The van der Waals surface area contributed by atoms with Gasteiger partial charge in [-0.15, -0.1) is 19.7 Å². The number of likely N-dealkylation sites (N-methyl/N-ethyl adjacent to an activating group) is 1. The Morgan fingerprint density at radius 3 is 0.966 bits per heavy atom. The van der Waals surface area contributed by atoms with E-state index in [2.05, 4.69) is 45.1 Å². The normalized spacial score (nSPS) is 30.5. The fourth-order valence-electron chi connectivity index (χ4n) is 16.8. The molecule has 0 aromatic carbocycles. The number of nitrogens with one attached hydrogen (secondary N) is 5. The molecule has 34 heteroatoms. The van der Waals surface area contributed by atoms with E-state index in [1.165, 1.54) is 23.6 Å². The molecule has 4 heterocycles. The second-order valence-electron chi connectivity index (χ2n) is 38.1. The van der Waals surface area contributed by atoms with Gasteiger partial charge in [-0.05, 0) is 116 Å². The van der Waals surface area contributed by atoms with E-state index in [4.69, 9.17) is 28.4 Å². The van der Waals surface area contributed by atoms with Gasteiger partial charge >= 0.3 is 12.2 Å². The number of carbonyl (C=O) groups excluding carboxylic acids is 12. The third kappa shape index (κ3) is 25.3. The van der Waals surface area contributed by atoms with Gasteiger partial charge in [0.1, 0.15) is 29.1 Å². The van der Waals surface area contributed by atoms with E-state index in [0.717, 1.165) is 12.5 Å². The maximum absolute atomic E-state index is 13.8. The van der Waals surface area contributed by atoms with Crippen molar-refractivity contribution in [2.75, 3.05) is 74.2 Å². The maximum atomic E-state index is 13.8. The average molecular weight is 1700 g/mol. The number of amides is 7. The maximum Gasteiger partial charge on any atom is 0.408 e. The highest BCUT2D eigenvalue weighted by atomic mass is 32.2. The molecule has 0 aromatic rings. The first-order valence-corrected chi connectivity index (χ1v) is 43.9. The first kappa shape index (κ1) is 102. The molecule has 4 aliphatic heterocycles. The van der Waals surface area contributed by atoms with Crippen LogP contribution in [0.5, 0.6) is 0 Å². The Labute approximate surface area is 692 Å². The van der Waals surface area contributed by atoms with E-state index < -0.39 is 119 Å². The highest BCUT2D eigenvalue weighted by Gasteiger charge is 2.64. The largest absolute Gasteiger partial charge is 0.444 e. The standard InChI is InChI=1S/C26H42N2O6.C22H37N3O6S.C19H34N2O5.C15H25N2O5PS/c1-11-17-12-26(17,16(3)29)13-18(30)20-15(2)19(33-10)14-28(20)22(31)21(24(4,5)6)27-23(32)34-25(7,8)9;1-9-14-10-22(14,20(28)24-32(8,29)30)11-15(26)17-13(2)16(31-7)12-25(17)19(27)18(23-6)21(3,4)5;1-11-13(25-9)10-21(14(11)12(2)22)16(23)15(18(3,4)5)20-17(24)26-19(6,7)8;1-5-10-6-15(10,14(19)16-24(4,20)21)7-11(18)13-9(2)12(22-3)8-17(13)23/h11,15,17,19-21H,1,12-14H2,2-10H3,(H,27,32);9,13-14,16-18,23H,1,10-12H2,2-8H3,(H,24,28);11,13-15H,10H2,1-9H3,(H,20,24);5,9-10,12-13H,1,6-8,23H2,2-4H3,(H,16,19)/t15?,17-,19+,20+,21-,26+;13?,14-,16+,17+,18-,22-;11?,13-,14-,15+;9?,10-,12+,13+,15-/m1101/s1. The van der Waals surface area contributed by atoms with Gasteiger partial charge in [-0.3, -0.25) is 62.1 Å². The number of hydrogen-bond acceptors (Lipinski definition) is 24. The molecule has 7 fully saturated rings. The Morgan fingerprint density at radius 1 is 0.448 bits per heavy atom. The number of nitrogens with zero attached hydrogens (tertiary/aromatic N) is 4. The second kappa shape index (κ2) is 38.9. The molecule has 0 radical (unpaired) electrons. The lowest BCUT2D eigenvalue weighted by molar-refractivity contribution is -0.143. The molecule has 5 unspecified atom stereocenters. The summed E-state index contributed by atoms with van der Waals surface area (Å²) in [6, 6.07) is -4.67. The number of ketones is 5. The van der Waals surface area contributed by atoms with Gasteiger partial charge < -0.3 is 59.1 Å². The minimum atomic E-state index is -3.77. The Kier molecular flexibility index (Phi) is 34.2. The minimum Gasteiger partial charge on any atom is -0.444 e. The van der Waals surface area contributed by atoms with E-state index >= 15 is 0 Å². The fourth-order valence-corrected chi connectivity index (χ4v) is 18.5. The van der Waals surface area contributed by atoms with Crippen molar-refractivity contribution in [2.24, 2.45) is 73.9 Å². The number of hydrogen-bond donors (Lipinski definition) is 5. The van der Waals surface area contributed by atoms with Gasteiger partial charge in [0.2, 0.25) is 49.6 Å². The monoisotopic (exact) mass is 1700 g/mol. The molecule has 5 N–H and O–H groups in total. The molecule has 0 aromatic heterocycles. The first-order chi connectivity index (χ1) is 52.8. The highest BCUT2D eigenvalue weighted by molar-refractivity contribution is 7.89. The van der Waals surface area contributed by atoms with Crippen LogP contribution in [0.15, 0.2) is 38.0 Å². The van der Waals surface area contributed by atoms with E-state index in [9.17, 15) is 74.4 Å². The van der Waals surface area contributed by atoms with Crippen molar-refractivity contribution in [3.05, 3.63) is 38.0 Å². The van der Waals surface area contributed by atoms with Crippen LogP contribution in [0, 0.1) is 73.9 Å². The topological polar surface area (TPSA) is 402 Å². The highest BCUT2D eigenvalue weighted by Crippen LogP contribution is 2.59. The van der Waals surface area contributed by atoms with Crippen molar-refractivity contribution in [1.29, 1.82) is 0 Å². The van der Waals surface area contributed by atoms with E-state index in [1.54, 1.807) is 100 Å². The Morgan fingerprint density at radius 2 is 0.716 bits per heavy atom. The van der Waals surface area contributed by atoms with Crippen LogP contribution in [0.1, 0.15) is 184 Å². The molecule has 3 saturated carbocycles. The SMILES string of the molecule is C=C[C@@H]1C[C@]1(CC(=O)[C@@H]1C(C)[C@@H](OC)CN1C(=O)[C@@H](NC(=O)OC(C)(C)C)C(C)(C)C)C(C)=O.C=C[C@@H]1C[C@]1(CC(=O)[C@@H]1C(C)[C@@H](OC)CN1C(=O)[C@@H](NC)C(C)(C)C)C(=O)NS(C)(=O)=O.C=C[C@@H]1C[C@]1(CC(=O)[C@@H]1C(C)[C@@H](OC)CN1P)C(=O)NS(C)(=O)=O.CO[C@H]1CN(C(=O)[C@@H](NC(=O)OC(C)(C)C)C(C)(C)C)[C@H](C(C)=O)C1C. The molecule has 660 valence electrons. The summed E-state index contributed by atoms with van der Waals surface area (Å²) >= 11 is 0. The summed E-state index contributed by atoms with van der Waals surface area (Å²) in [7, 11) is 3.11. The van der Waals surface area contributed by atoms with Crippen LogP contribution in [0.4, 0.5) is 9.59 Å². The zero-order valence-corrected chi connectivity index (χ0v) is 76.8. The summed E-state index contributed by atoms with van der Waals surface area (Å²) in [4.78, 5) is 160. The van der Waals surface area contributed by atoms with Gasteiger partial charge in [-0.25, -0.2) is 26.4 Å². The number of ether oxygens (including phenoxy) is 6. The molecule has 3 aliphatic carbocycles. The van der Waals surface area contributed by atoms with E-state index in [-0.39, 0.29) is 156 Å². The van der Waals surface area contributed by atoms with Crippen molar-refractivity contribution in [1.82, 2.24) is 44.8 Å². The lowest BCUT2D eigenvalue weighted by Crippen LogP contribution is -2.57. The van der Waals surface area contributed by atoms with Crippen LogP contribution in [0.25, 0.3) is 0 Å². The zero-order chi connectivity index (χ0) is 89.6. The number of likely N-dealkylation sites (tertiary alicyclic amines) is 3. The molecule has 22 atom stereocenters. The van der Waals surface area contributed by atoms with Gasteiger partial charge in [0, 0.05) is 103 Å². The predicted molar refractivity (Wildman–Crippen MR) is 442 cm³/mol. The molecule has 31 nitrogen and oxygen atoms in total. The molecule has 4 saturated heterocycles. The Balaban J connectivity index is 0.000000329. The number of rotatable bonds is 28. The molecular formula is C82H138N9O22PS2. The summed E-state index contributed by atoms with van der Waals surface area (Å²) in [5, 5.41) is 8.47. The van der Waals surface area contributed by atoms with Crippen LogP contribution in [0.2, 0.25) is 0 Å². The smallest absolute Gasteiger partial charge is 0.408 e. The molecule has 7 amide bonds. The Hall–Kier alpha value is -6.45. The van der Waals surface area contributed by atoms with Crippen LogP contribution in [-0.4, -0.2) is 259 Å². The van der Waals surface area contributed by atoms with Gasteiger partial charge in [0.05, 0.1) is 78.0 Å². The minimum absolute atomic E-state index is 0.00137. The Bertz CT molecular complexity index is 3900. The molecule has 0 spiro atoms. The van der Waals surface area contributed by atoms with Crippen molar-refractivity contribution in [3.8, 4) is 0 Å². The first-order valence-electron chi connectivity index (χ1n) is 39.6. The molecular weight excluding hydrogens is 1560 g/mol. The summed E-state index contributed by atoms with van der Waals surface area (Å²) < 4.78 is 84.5. The summed E-state index contributed by atoms with van der Waals surface area (Å²) in [6.07, 6.45) is 5.77. The number of alkyl carbamates (subject to hydrolysis) is 2. The van der Waals surface area contributed by atoms with Gasteiger partial charge in [-0.1, -0.05) is 118 Å². The van der Waals surface area contributed by atoms with Crippen LogP contribution in [0.3, 0.4) is 0 Å². The van der Waals surface area contributed by atoms with E-state index in [0.29, 0.717) is 32.4 Å². The van der Waals surface area contributed by atoms with Crippen molar-refractivity contribution in [3.63, 3.8) is 0 Å². The number of methoxy groups -OCH3 is 4. The quantitative estimate of drug-likeness (QED) is 0.0390. The van der Waals surface area contributed by atoms with Gasteiger partial charge in [-0.2, -0.15) is 0 Å². The third-order valence-electron chi connectivity index (χ3n) is 23.5. The predicted octanol–water partition coefficient (Wildman–Crippen LogP) is 6.95. The summed E-state index contributed by atoms with van der Waals surface area (Å²) in [5.41, 5.74) is -5.84. The lowest BCUT2D eigenvalue weighted by Gasteiger charge is -2.36. The molecule has 116 heavy (non-hydrogen) atoms.